The van der Waals surface area contributed by atoms with E-state index in [1.807, 2.05) is 0 Å². The Morgan fingerprint density at radius 2 is 1.68 bits per heavy atom. The lowest BCUT2D eigenvalue weighted by atomic mass is 10.2. The van der Waals surface area contributed by atoms with Gasteiger partial charge >= 0.3 is 6.03 Å². The Bertz CT molecular complexity index is 432. The minimum atomic E-state index is -0.398. The van der Waals surface area contributed by atoms with Gasteiger partial charge in [-0.15, -0.1) is 0 Å². The molecule has 0 heterocycles. The van der Waals surface area contributed by atoms with Gasteiger partial charge in [0.15, 0.2) is 0 Å². The van der Waals surface area contributed by atoms with Crippen molar-refractivity contribution in [3.63, 3.8) is 0 Å². The summed E-state index contributed by atoms with van der Waals surface area (Å²) in [6.45, 7) is 4.29. The number of hydrogen-bond donors (Lipinski definition) is 3. The number of halogens is 1. The van der Waals surface area contributed by atoms with E-state index < -0.39 is 6.03 Å². The molecule has 0 fully saturated rings. The zero-order valence-electron chi connectivity index (χ0n) is 11.0. The number of anilines is 1. The molecule has 0 aromatic heterocycles. The summed E-state index contributed by atoms with van der Waals surface area (Å²) in [5.74, 6) is -0.490. The van der Waals surface area contributed by atoms with E-state index in [9.17, 15) is 14.0 Å². The highest BCUT2D eigenvalue weighted by Gasteiger charge is 2.05. The Kier molecular flexibility index (Phi) is 5.78. The zero-order chi connectivity index (χ0) is 14.3. The maximum Gasteiger partial charge on any atom is 0.319 e. The number of nitrogens with one attached hydrogen (secondary N) is 3. The van der Waals surface area contributed by atoms with Crippen LogP contribution in [0.2, 0.25) is 0 Å². The van der Waals surface area contributed by atoms with Crippen molar-refractivity contribution in [1.82, 2.24) is 10.6 Å². The van der Waals surface area contributed by atoms with Crippen LogP contribution < -0.4 is 16.0 Å². The maximum atomic E-state index is 12.6. The molecular weight excluding hydrogens is 249 g/mol. The van der Waals surface area contributed by atoms with Gasteiger partial charge in [0.25, 0.3) is 0 Å². The quantitative estimate of drug-likeness (QED) is 0.711. The highest BCUT2D eigenvalue weighted by Crippen LogP contribution is 2.07. The van der Waals surface area contributed by atoms with E-state index in [-0.39, 0.29) is 17.6 Å². The lowest BCUT2D eigenvalue weighted by Gasteiger charge is -2.09. The average molecular weight is 267 g/mol. The normalized spacial score (nSPS) is 10.1. The van der Waals surface area contributed by atoms with Crippen molar-refractivity contribution in [2.24, 2.45) is 5.92 Å². The van der Waals surface area contributed by atoms with Crippen molar-refractivity contribution in [3.8, 4) is 0 Å². The van der Waals surface area contributed by atoms with Gasteiger partial charge in [-0.05, 0) is 24.3 Å². The van der Waals surface area contributed by atoms with Crippen molar-refractivity contribution < 1.29 is 14.0 Å². The molecule has 0 radical (unpaired) electrons. The van der Waals surface area contributed by atoms with Crippen LogP contribution in [-0.2, 0) is 4.79 Å². The molecule has 1 aromatic rings. The van der Waals surface area contributed by atoms with Crippen LogP contribution in [0.5, 0.6) is 0 Å². The largest absolute Gasteiger partial charge is 0.354 e. The fourth-order valence-corrected chi connectivity index (χ4v) is 1.27. The number of benzene rings is 1. The average Bonchev–Trinajstić information content (AvgIpc) is 2.37. The lowest BCUT2D eigenvalue weighted by molar-refractivity contribution is -0.123. The summed E-state index contributed by atoms with van der Waals surface area (Å²) < 4.78 is 12.6. The number of carbonyl (C=O) groups excluding carboxylic acids is 2. The summed E-state index contributed by atoms with van der Waals surface area (Å²) in [5, 5.41) is 7.81. The minimum absolute atomic E-state index is 0.0549. The molecular formula is C13H18FN3O2. The molecule has 0 spiro atoms. The fourth-order valence-electron chi connectivity index (χ4n) is 1.27. The number of urea groups is 1. The lowest BCUT2D eigenvalue weighted by Crippen LogP contribution is -2.38. The summed E-state index contributed by atoms with van der Waals surface area (Å²) in [4.78, 5) is 22.7. The first-order valence-electron chi connectivity index (χ1n) is 6.07. The van der Waals surface area contributed by atoms with Gasteiger partial charge in [0.2, 0.25) is 5.91 Å². The van der Waals surface area contributed by atoms with Crippen LogP contribution in [0.3, 0.4) is 0 Å². The van der Waals surface area contributed by atoms with Crippen LogP contribution in [0, 0.1) is 11.7 Å². The van der Waals surface area contributed by atoms with Gasteiger partial charge in [0.05, 0.1) is 0 Å². The van der Waals surface area contributed by atoms with Gasteiger partial charge in [-0.1, -0.05) is 13.8 Å². The SMILES string of the molecule is CC(C)C(=O)NCCNC(=O)Nc1ccc(F)cc1. The van der Waals surface area contributed by atoms with Crippen molar-refractivity contribution in [1.29, 1.82) is 0 Å². The summed E-state index contributed by atoms with van der Waals surface area (Å²) in [6.07, 6.45) is 0. The standard InChI is InChI=1S/C13H18FN3O2/c1-9(2)12(18)15-7-8-16-13(19)17-11-5-3-10(14)4-6-11/h3-6,9H,7-8H2,1-2H3,(H,15,18)(H2,16,17,19). The Balaban J connectivity index is 2.21. The molecule has 0 atom stereocenters. The maximum absolute atomic E-state index is 12.6. The molecule has 0 saturated carbocycles. The predicted octanol–water partition coefficient (Wildman–Crippen LogP) is 1.72. The molecule has 0 unspecified atom stereocenters. The second-order valence-corrected chi connectivity index (χ2v) is 4.33. The Hall–Kier alpha value is -2.11. The van der Waals surface area contributed by atoms with Crippen molar-refractivity contribution >= 4 is 17.6 Å². The summed E-state index contributed by atoms with van der Waals surface area (Å²) in [6, 6.07) is 5.06. The molecule has 0 bridgehead atoms. The monoisotopic (exact) mass is 267 g/mol. The summed E-state index contributed by atoms with van der Waals surface area (Å²) in [5.41, 5.74) is 0.505. The first kappa shape index (κ1) is 14.9. The third kappa shape index (κ3) is 5.85. The Morgan fingerprint density at radius 3 is 2.26 bits per heavy atom. The Morgan fingerprint density at radius 1 is 1.11 bits per heavy atom. The third-order valence-electron chi connectivity index (χ3n) is 2.34. The van der Waals surface area contributed by atoms with Crippen LogP contribution in [0.4, 0.5) is 14.9 Å². The van der Waals surface area contributed by atoms with E-state index in [0.717, 1.165) is 0 Å². The van der Waals surface area contributed by atoms with E-state index >= 15 is 0 Å². The molecule has 1 rings (SSSR count). The van der Waals surface area contributed by atoms with Crippen LogP contribution in [0.25, 0.3) is 0 Å². The smallest absolute Gasteiger partial charge is 0.319 e. The number of hydrogen-bond acceptors (Lipinski definition) is 2. The van der Waals surface area contributed by atoms with Crippen molar-refractivity contribution in [3.05, 3.63) is 30.1 Å². The summed E-state index contributed by atoms with van der Waals surface area (Å²) in [7, 11) is 0. The zero-order valence-corrected chi connectivity index (χ0v) is 11.0. The molecule has 0 aliphatic rings. The van der Waals surface area contributed by atoms with Crippen molar-refractivity contribution in [2.45, 2.75) is 13.8 Å². The van der Waals surface area contributed by atoms with E-state index in [0.29, 0.717) is 18.8 Å². The molecule has 104 valence electrons. The molecule has 0 aliphatic heterocycles. The van der Waals surface area contributed by atoms with E-state index in [4.69, 9.17) is 0 Å². The third-order valence-corrected chi connectivity index (χ3v) is 2.34. The van der Waals surface area contributed by atoms with Crippen LogP contribution in [0.1, 0.15) is 13.8 Å². The van der Waals surface area contributed by atoms with E-state index in [2.05, 4.69) is 16.0 Å². The van der Waals surface area contributed by atoms with Crippen LogP contribution in [0.15, 0.2) is 24.3 Å². The van der Waals surface area contributed by atoms with Crippen LogP contribution in [-0.4, -0.2) is 25.0 Å². The molecule has 19 heavy (non-hydrogen) atoms. The minimum Gasteiger partial charge on any atom is -0.354 e. The molecule has 6 heteroatoms. The van der Waals surface area contributed by atoms with Gasteiger partial charge in [-0.25, -0.2) is 9.18 Å². The van der Waals surface area contributed by atoms with Gasteiger partial charge in [-0.3, -0.25) is 4.79 Å². The molecule has 3 amide bonds. The number of carbonyl (C=O) groups is 2. The van der Waals surface area contributed by atoms with Crippen molar-refractivity contribution in [2.75, 3.05) is 18.4 Å². The molecule has 5 nitrogen and oxygen atoms in total. The number of amides is 3. The van der Waals surface area contributed by atoms with Gasteiger partial charge in [0.1, 0.15) is 5.82 Å². The second kappa shape index (κ2) is 7.35. The fraction of sp³-hybridized carbons (Fsp3) is 0.385. The predicted molar refractivity (Wildman–Crippen MR) is 71.3 cm³/mol. The van der Waals surface area contributed by atoms with E-state index in [1.165, 1.54) is 24.3 Å². The Labute approximate surface area is 111 Å². The van der Waals surface area contributed by atoms with E-state index in [1.54, 1.807) is 13.8 Å². The van der Waals surface area contributed by atoms with Crippen LogP contribution >= 0.6 is 0 Å². The molecule has 0 saturated heterocycles. The van der Waals surface area contributed by atoms with Gasteiger partial charge < -0.3 is 16.0 Å². The second-order valence-electron chi connectivity index (χ2n) is 4.33. The molecule has 3 N–H and O–H groups in total. The first-order valence-corrected chi connectivity index (χ1v) is 6.07. The van der Waals surface area contributed by atoms with Gasteiger partial charge in [0, 0.05) is 24.7 Å². The topological polar surface area (TPSA) is 70.2 Å². The highest BCUT2D eigenvalue weighted by molar-refractivity contribution is 5.89. The highest BCUT2D eigenvalue weighted by atomic mass is 19.1. The first-order chi connectivity index (χ1) is 8.99. The molecule has 1 aromatic carbocycles. The summed E-state index contributed by atoms with van der Waals surface area (Å²) >= 11 is 0. The molecule has 0 aliphatic carbocycles. The van der Waals surface area contributed by atoms with Gasteiger partial charge in [-0.2, -0.15) is 0 Å². The number of rotatable bonds is 5.